The summed E-state index contributed by atoms with van der Waals surface area (Å²) in [6, 6.07) is 6.91. The minimum Gasteiger partial charge on any atom is -0.315 e. The molecule has 3 rings (SSSR count). The lowest BCUT2D eigenvalue weighted by atomic mass is 10.0. The number of benzene rings is 1. The molecule has 1 aliphatic heterocycles. The van der Waals surface area contributed by atoms with Gasteiger partial charge in [0.25, 0.3) is 5.56 Å². The van der Waals surface area contributed by atoms with E-state index in [9.17, 15) is 14.4 Å². The van der Waals surface area contributed by atoms with E-state index in [1.165, 1.54) is 0 Å². The van der Waals surface area contributed by atoms with Crippen LogP contribution >= 0.6 is 0 Å². The van der Waals surface area contributed by atoms with Crippen molar-refractivity contribution >= 4 is 17.4 Å². The van der Waals surface area contributed by atoms with Crippen LogP contribution in [0, 0.1) is 25.2 Å². The van der Waals surface area contributed by atoms with Crippen LogP contribution in [-0.4, -0.2) is 28.5 Å². The monoisotopic (exact) mass is 336 g/mol. The fourth-order valence-corrected chi connectivity index (χ4v) is 2.88. The van der Waals surface area contributed by atoms with Gasteiger partial charge in [-0.2, -0.15) is 10.4 Å². The van der Waals surface area contributed by atoms with Gasteiger partial charge in [-0.05, 0) is 43.2 Å². The summed E-state index contributed by atoms with van der Waals surface area (Å²) in [5.41, 5.74) is 2.47. The summed E-state index contributed by atoms with van der Waals surface area (Å²) in [5.74, 6) is -0.322. The topological polar surface area (TPSA) is 96.1 Å². The normalized spacial score (nSPS) is 12.9. The van der Waals surface area contributed by atoms with E-state index in [0.29, 0.717) is 16.8 Å². The number of ketones is 1. The highest BCUT2D eigenvalue weighted by Crippen LogP contribution is 2.28. The number of carbonyl (C=O) groups is 2. The molecule has 1 aromatic heterocycles. The maximum atomic E-state index is 12.5. The van der Waals surface area contributed by atoms with Crippen LogP contribution in [0.5, 0.6) is 0 Å². The lowest BCUT2D eigenvalue weighted by Crippen LogP contribution is -2.30. The van der Waals surface area contributed by atoms with Gasteiger partial charge in [-0.15, -0.1) is 0 Å². The molecule has 0 spiro atoms. The number of hydrogen-bond acceptors (Lipinski definition) is 5. The van der Waals surface area contributed by atoms with Gasteiger partial charge in [0.15, 0.2) is 5.78 Å². The number of aromatic nitrogens is 2. The SMILES string of the molecule is Cc1nn(CC(=O)c2ccc3c(c2)CC(=O)N3C)c(=O)c(C#N)c1C. The van der Waals surface area contributed by atoms with Crippen LogP contribution in [0.4, 0.5) is 5.69 Å². The van der Waals surface area contributed by atoms with E-state index < -0.39 is 5.56 Å². The molecular formula is C18H16N4O3. The van der Waals surface area contributed by atoms with Gasteiger partial charge in [-0.1, -0.05) is 0 Å². The summed E-state index contributed by atoms with van der Waals surface area (Å²) < 4.78 is 1.02. The molecule has 7 heteroatoms. The Morgan fingerprint density at radius 1 is 1.32 bits per heavy atom. The van der Waals surface area contributed by atoms with Gasteiger partial charge in [0.1, 0.15) is 18.2 Å². The van der Waals surface area contributed by atoms with Gasteiger partial charge in [-0.25, -0.2) is 4.68 Å². The third kappa shape index (κ3) is 2.72. The van der Waals surface area contributed by atoms with E-state index in [2.05, 4.69) is 5.10 Å². The average molecular weight is 336 g/mol. The summed E-state index contributed by atoms with van der Waals surface area (Å²) in [6.45, 7) is 3.09. The van der Waals surface area contributed by atoms with Crippen molar-refractivity contribution in [2.75, 3.05) is 11.9 Å². The maximum Gasteiger partial charge on any atom is 0.285 e. The Bertz CT molecular complexity index is 1010. The standard InChI is InChI=1S/C18H16N4O3/c1-10-11(2)20-22(18(25)14(10)8-19)9-16(23)12-4-5-15-13(6-12)7-17(24)21(15)3/h4-6H,7,9H2,1-3H3. The Kier molecular flexibility index (Phi) is 3.97. The number of nitrogens with zero attached hydrogens (tertiary/aromatic N) is 4. The molecule has 7 nitrogen and oxygen atoms in total. The zero-order valence-electron chi connectivity index (χ0n) is 14.2. The zero-order chi connectivity index (χ0) is 18.3. The molecule has 126 valence electrons. The number of aryl methyl sites for hydroxylation is 1. The van der Waals surface area contributed by atoms with Gasteiger partial charge in [-0.3, -0.25) is 14.4 Å². The molecule has 1 aliphatic rings. The van der Waals surface area contributed by atoms with Crippen molar-refractivity contribution < 1.29 is 9.59 Å². The van der Waals surface area contributed by atoms with E-state index >= 15 is 0 Å². The molecule has 0 saturated heterocycles. The molecule has 1 amide bonds. The first-order valence-electron chi connectivity index (χ1n) is 7.74. The predicted molar refractivity (Wildman–Crippen MR) is 90.6 cm³/mol. The van der Waals surface area contributed by atoms with Crippen molar-refractivity contribution in [1.29, 1.82) is 5.26 Å². The highest BCUT2D eigenvalue weighted by Gasteiger charge is 2.25. The fourth-order valence-electron chi connectivity index (χ4n) is 2.88. The highest BCUT2D eigenvalue weighted by atomic mass is 16.2. The van der Waals surface area contributed by atoms with E-state index in [1.54, 1.807) is 44.0 Å². The first kappa shape index (κ1) is 16.6. The van der Waals surface area contributed by atoms with Crippen molar-refractivity contribution in [2.24, 2.45) is 0 Å². The van der Waals surface area contributed by atoms with Crippen LogP contribution in [-0.2, 0) is 17.8 Å². The minimum absolute atomic E-state index is 0.00137. The smallest absolute Gasteiger partial charge is 0.285 e. The van der Waals surface area contributed by atoms with Gasteiger partial charge >= 0.3 is 0 Å². The molecule has 0 fully saturated rings. The lowest BCUT2D eigenvalue weighted by molar-refractivity contribution is -0.117. The Labute approximate surface area is 144 Å². The second-order valence-corrected chi connectivity index (χ2v) is 6.06. The number of carbonyl (C=O) groups excluding carboxylic acids is 2. The molecule has 1 aromatic carbocycles. The first-order chi connectivity index (χ1) is 11.8. The van der Waals surface area contributed by atoms with Gasteiger partial charge in [0.2, 0.25) is 5.91 Å². The molecule has 0 atom stereocenters. The molecule has 0 aliphatic carbocycles. The van der Waals surface area contributed by atoms with Crippen LogP contribution in [0.1, 0.15) is 32.7 Å². The van der Waals surface area contributed by atoms with E-state index in [1.807, 2.05) is 6.07 Å². The summed E-state index contributed by atoms with van der Waals surface area (Å²) in [5, 5.41) is 13.3. The molecule has 2 aromatic rings. The average Bonchev–Trinajstić information content (AvgIpc) is 2.87. The Balaban J connectivity index is 1.94. The molecular weight excluding hydrogens is 320 g/mol. The number of anilines is 1. The lowest BCUT2D eigenvalue weighted by Gasteiger charge is -2.11. The third-order valence-electron chi connectivity index (χ3n) is 4.52. The van der Waals surface area contributed by atoms with Crippen molar-refractivity contribution in [2.45, 2.75) is 26.8 Å². The molecule has 0 bridgehead atoms. The van der Waals surface area contributed by atoms with Crippen molar-refractivity contribution in [3.05, 3.63) is 56.5 Å². The second-order valence-electron chi connectivity index (χ2n) is 6.06. The Hall–Kier alpha value is -3.27. The highest BCUT2D eigenvalue weighted by molar-refractivity contribution is 6.03. The van der Waals surface area contributed by atoms with Crippen molar-refractivity contribution in [3.8, 4) is 6.07 Å². The van der Waals surface area contributed by atoms with Crippen LogP contribution in [0.3, 0.4) is 0 Å². The number of Topliss-reactive ketones (excluding diaryl/α,β-unsaturated/α-hetero) is 1. The van der Waals surface area contributed by atoms with E-state index in [4.69, 9.17) is 5.26 Å². The second kappa shape index (κ2) is 5.98. The number of likely N-dealkylation sites (N-methyl/N-ethyl adjacent to an activating group) is 1. The first-order valence-corrected chi connectivity index (χ1v) is 7.74. The maximum absolute atomic E-state index is 12.5. The number of amides is 1. The van der Waals surface area contributed by atoms with Gasteiger partial charge in [0, 0.05) is 18.3 Å². The van der Waals surface area contributed by atoms with Gasteiger partial charge < -0.3 is 4.90 Å². The number of rotatable bonds is 3. The number of hydrogen-bond donors (Lipinski definition) is 0. The van der Waals surface area contributed by atoms with Crippen LogP contribution in [0.2, 0.25) is 0 Å². The number of fused-ring (bicyclic) bond motifs is 1. The van der Waals surface area contributed by atoms with Gasteiger partial charge in [0.05, 0.1) is 12.1 Å². The van der Waals surface area contributed by atoms with Crippen molar-refractivity contribution in [3.63, 3.8) is 0 Å². The molecule has 0 saturated carbocycles. The quantitative estimate of drug-likeness (QED) is 0.783. The van der Waals surface area contributed by atoms with Crippen LogP contribution in [0.15, 0.2) is 23.0 Å². The van der Waals surface area contributed by atoms with E-state index in [-0.39, 0.29) is 30.2 Å². The summed E-state index contributed by atoms with van der Waals surface area (Å²) in [4.78, 5) is 38.1. The summed E-state index contributed by atoms with van der Waals surface area (Å²) >= 11 is 0. The Morgan fingerprint density at radius 3 is 2.72 bits per heavy atom. The predicted octanol–water partition coefficient (Wildman–Crippen LogP) is 1.13. The number of nitriles is 1. The zero-order valence-corrected chi connectivity index (χ0v) is 14.2. The molecule has 0 radical (unpaired) electrons. The summed E-state index contributed by atoms with van der Waals surface area (Å²) in [6.07, 6.45) is 0.257. The van der Waals surface area contributed by atoms with Crippen molar-refractivity contribution in [1.82, 2.24) is 9.78 Å². The van der Waals surface area contributed by atoms with Crippen LogP contribution in [0.25, 0.3) is 0 Å². The molecule has 2 heterocycles. The fraction of sp³-hybridized carbons (Fsp3) is 0.278. The largest absolute Gasteiger partial charge is 0.315 e. The minimum atomic E-state index is -0.574. The molecule has 0 unspecified atom stereocenters. The summed E-state index contributed by atoms with van der Waals surface area (Å²) in [7, 11) is 1.69. The molecule has 25 heavy (non-hydrogen) atoms. The van der Waals surface area contributed by atoms with Crippen LogP contribution < -0.4 is 10.5 Å². The van der Waals surface area contributed by atoms with E-state index in [0.717, 1.165) is 15.9 Å². The molecule has 0 N–H and O–H groups in total. The Morgan fingerprint density at radius 2 is 2.04 bits per heavy atom. The third-order valence-corrected chi connectivity index (χ3v) is 4.52.